The maximum absolute atomic E-state index is 13.3. The first kappa shape index (κ1) is 18.9. The molecule has 4 aromatic rings. The highest BCUT2D eigenvalue weighted by atomic mass is 32.1. The molecule has 6 heteroatoms. The highest BCUT2D eigenvalue weighted by Crippen LogP contribution is 2.34. The quantitative estimate of drug-likeness (QED) is 0.540. The summed E-state index contributed by atoms with van der Waals surface area (Å²) in [7, 11) is 0. The van der Waals surface area contributed by atoms with E-state index in [4.69, 9.17) is 0 Å². The van der Waals surface area contributed by atoms with E-state index < -0.39 is 0 Å². The molecule has 3 aromatic heterocycles. The average Bonchev–Trinajstić information content (AvgIpc) is 3.37. The SMILES string of the molecule is O=c1c2c3c(sc2ncn1Cc1ccncc1)CC(NC1Cc2ccccc2C1)CC3. The fourth-order valence-corrected chi connectivity index (χ4v) is 6.41. The summed E-state index contributed by atoms with van der Waals surface area (Å²) in [6, 6.07) is 13.7. The van der Waals surface area contributed by atoms with Gasteiger partial charge in [0.1, 0.15) is 4.83 Å². The number of thiophene rings is 1. The summed E-state index contributed by atoms with van der Waals surface area (Å²) in [5.74, 6) is 0. The van der Waals surface area contributed by atoms with E-state index in [9.17, 15) is 4.79 Å². The molecule has 1 unspecified atom stereocenters. The summed E-state index contributed by atoms with van der Waals surface area (Å²) in [4.78, 5) is 24.2. The van der Waals surface area contributed by atoms with Gasteiger partial charge in [0.15, 0.2) is 0 Å². The minimum absolute atomic E-state index is 0.0805. The van der Waals surface area contributed by atoms with Crippen LogP contribution in [0.25, 0.3) is 10.2 Å². The molecule has 2 aliphatic carbocycles. The molecule has 0 fully saturated rings. The van der Waals surface area contributed by atoms with Gasteiger partial charge < -0.3 is 5.32 Å². The van der Waals surface area contributed by atoms with E-state index in [0.29, 0.717) is 18.6 Å². The average molecular weight is 429 g/mol. The Morgan fingerprint density at radius 1 is 1.03 bits per heavy atom. The predicted molar refractivity (Wildman–Crippen MR) is 124 cm³/mol. The standard InChI is InChI=1S/C25H24N4OS/c30-25-23-21-6-5-19(28-20-11-17-3-1-2-4-18(17)12-20)13-22(21)31-24(23)27-15-29(25)14-16-7-9-26-10-8-16/h1-4,7-10,15,19-20,28H,5-6,11-14H2. The molecule has 0 bridgehead atoms. The first-order valence-corrected chi connectivity index (χ1v) is 11.8. The van der Waals surface area contributed by atoms with Gasteiger partial charge in [-0.25, -0.2) is 4.98 Å². The van der Waals surface area contributed by atoms with Crippen LogP contribution in [0.3, 0.4) is 0 Å². The van der Waals surface area contributed by atoms with Gasteiger partial charge in [-0.05, 0) is 66.5 Å². The van der Waals surface area contributed by atoms with Crippen molar-refractivity contribution in [2.75, 3.05) is 0 Å². The number of hydrogen-bond donors (Lipinski definition) is 1. The maximum Gasteiger partial charge on any atom is 0.262 e. The number of aromatic nitrogens is 3. The number of nitrogens with zero attached hydrogens (tertiary/aromatic N) is 3. The van der Waals surface area contributed by atoms with Crippen molar-refractivity contribution >= 4 is 21.6 Å². The molecule has 31 heavy (non-hydrogen) atoms. The molecule has 0 amide bonds. The Balaban J connectivity index is 1.23. The molecule has 6 rings (SSSR count). The second kappa shape index (κ2) is 7.70. The largest absolute Gasteiger partial charge is 0.310 e. The lowest BCUT2D eigenvalue weighted by molar-refractivity contribution is 0.402. The fraction of sp³-hybridized carbons (Fsp3) is 0.320. The lowest BCUT2D eigenvalue weighted by Crippen LogP contribution is -2.41. The molecule has 1 atom stereocenters. The van der Waals surface area contributed by atoms with Crippen molar-refractivity contribution in [2.24, 2.45) is 0 Å². The summed E-state index contributed by atoms with van der Waals surface area (Å²) in [6.45, 7) is 0.529. The number of hydrogen-bond acceptors (Lipinski definition) is 5. The van der Waals surface area contributed by atoms with E-state index >= 15 is 0 Å². The van der Waals surface area contributed by atoms with Crippen molar-refractivity contribution in [2.45, 2.75) is 50.7 Å². The van der Waals surface area contributed by atoms with Gasteiger partial charge in [0, 0.05) is 29.4 Å². The minimum atomic E-state index is 0.0805. The van der Waals surface area contributed by atoms with Gasteiger partial charge in [-0.3, -0.25) is 14.3 Å². The third-order valence-corrected chi connectivity index (χ3v) is 7.82. The fourth-order valence-electron chi connectivity index (χ4n) is 5.15. The zero-order chi connectivity index (χ0) is 20.8. The first-order valence-electron chi connectivity index (χ1n) is 11.0. The molecular formula is C25H24N4OS. The van der Waals surface area contributed by atoms with E-state index in [-0.39, 0.29) is 5.56 Å². The molecule has 0 saturated carbocycles. The molecular weight excluding hydrogens is 404 g/mol. The normalized spacial score (nSPS) is 18.3. The molecule has 5 nitrogen and oxygen atoms in total. The number of aryl methyl sites for hydroxylation is 1. The van der Waals surface area contributed by atoms with Gasteiger partial charge in [-0.2, -0.15) is 0 Å². The zero-order valence-corrected chi connectivity index (χ0v) is 18.1. The van der Waals surface area contributed by atoms with E-state index in [1.165, 1.54) is 21.6 Å². The lowest BCUT2D eigenvalue weighted by Gasteiger charge is -2.26. The Bertz CT molecular complexity index is 1290. The van der Waals surface area contributed by atoms with Crippen molar-refractivity contribution in [3.05, 3.63) is 92.6 Å². The number of benzene rings is 1. The van der Waals surface area contributed by atoms with Crippen molar-refractivity contribution in [1.82, 2.24) is 19.9 Å². The van der Waals surface area contributed by atoms with Gasteiger partial charge >= 0.3 is 0 Å². The Kier molecular flexibility index (Phi) is 4.69. The van der Waals surface area contributed by atoms with E-state index in [2.05, 4.69) is 39.6 Å². The summed E-state index contributed by atoms with van der Waals surface area (Å²) in [6.07, 6.45) is 10.5. The summed E-state index contributed by atoms with van der Waals surface area (Å²) >= 11 is 1.70. The van der Waals surface area contributed by atoms with E-state index in [1.807, 2.05) is 12.1 Å². The maximum atomic E-state index is 13.3. The van der Waals surface area contributed by atoms with Crippen LogP contribution in [0.4, 0.5) is 0 Å². The topological polar surface area (TPSA) is 59.8 Å². The van der Waals surface area contributed by atoms with Gasteiger partial charge in [0.2, 0.25) is 0 Å². The first-order chi connectivity index (χ1) is 15.2. The van der Waals surface area contributed by atoms with Crippen LogP contribution in [0.1, 0.15) is 33.6 Å². The Labute approximate surface area is 184 Å². The molecule has 0 radical (unpaired) electrons. The van der Waals surface area contributed by atoms with Crippen LogP contribution < -0.4 is 10.9 Å². The number of pyridine rings is 1. The lowest BCUT2D eigenvalue weighted by atomic mass is 9.92. The second-order valence-electron chi connectivity index (χ2n) is 8.70. The van der Waals surface area contributed by atoms with Crippen LogP contribution in [0.15, 0.2) is 59.9 Å². The Morgan fingerprint density at radius 3 is 2.58 bits per heavy atom. The van der Waals surface area contributed by atoms with Gasteiger partial charge in [0.25, 0.3) is 5.56 Å². The Hall–Kier alpha value is -2.83. The molecule has 1 N–H and O–H groups in total. The minimum Gasteiger partial charge on any atom is -0.310 e. The molecule has 2 aliphatic rings. The van der Waals surface area contributed by atoms with Crippen molar-refractivity contribution in [3.63, 3.8) is 0 Å². The zero-order valence-electron chi connectivity index (χ0n) is 17.3. The number of rotatable bonds is 4. The Morgan fingerprint density at radius 2 is 1.81 bits per heavy atom. The highest BCUT2D eigenvalue weighted by Gasteiger charge is 2.28. The monoisotopic (exact) mass is 428 g/mol. The van der Waals surface area contributed by atoms with Gasteiger partial charge in [-0.15, -0.1) is 11.3 Å². The van der Waals surface area contributed by atoms with Crippen LogP contribution in [0.5, 0.6) is 0 Å². The molecule has 0 saturated heterocycles. The van der Waals surface area contributed by atoms with Crippen LogP contribution in [0, 0.1) is 0 Å². The van der Waals surface area contributed by atoms with Crippen molar-refractivity contribution < 1.29 is 0 Å². The van der Waals surface area contributed by atoms with Crippen LogP contribution in [-0.2, 0) is 32.2 Å². The smallest absolute Gasteiger partial charge is 0.262 e. The van der Waals surface area contributed by atoms with Crippen LogP contribution in [0.2, 0.25) is 0 Å². The van der Waals surface area contributed by atoms with Crippen molar-refractivity contribution in [1.29, 1.82) is 0 Å². The van der Waals surface area contributed by atoms with E-state index in [1.54, 1.807) is 34.6 Å². The van der Waals surface area contributed by atoms with Crippen LogP contribution in [-0.4, -0.2) is 26.6 Å². The summed E-state index contributed by atoms with van der Waals surface area (Å²) < 4.78 is 1.73. The molecule has 1 aromatic carbocycles. The third-order valence-electron chi connectivity index (χ3n) is 6.66. The van der Waals surface area contributed by atoms with E-state index in [0.717, 1.165) is 47.9 Å². The number of fused-ring (bicyclic) bond motifs is 4. The number of nitrogens with one attached hydrogen (secondary N) is 1. The third kappa shape index (κ3) is 3.50. The molecule has 0 aliphatic heterocycles. The van der Waals surface area contributed by atoms with Crippen LogP contribution >= 0.6 is 11.3 Å². The molecule has 0 spiro atoms. The molecule has 156 valence electrons. The molecule has 3 heterocycles. The second-order valence-corrected chi connectivity index (χ2v) is 9.78. The van der Waals surface area contributed by atoms with Gasteiger partial charge in [0.05, 0.1) is 18.3 Å². The van der Waals surface area contributed by atoms with Gasteiger partial charge in [-0.1, -0.05) is 24.3 Å². The summed E-state index contributed by atoms with van der Waals surface area (Å²) in [5.41, 5.74) is 5.34. The van der Waals surface area contributed by atoms with Crippen molar-refractivity contribution in [3.8, 4) is 0 Å². The predicted octanol–water partition coefficient (Wildman–Crippen LogP) is 3.52. The summed E-state index contributed by atoms with van der Waals surface area (Å²) in [5, 5.41) is 4.74. The highest BCUT2D eigenvalue weighted by molar-refractivity contribution is 7.18.